The Bertz CT molecular complexity index is 2300. The van der Waals surface area contributed by atoms with E-state index >= 15 is 0 Å². The smallest absolute Gasteiger partial charge is 0.0559 e. The van der Waals surface area contributed by atoms with Crippen molar-refractivity contribution in [3.63, 3.8) is 0 Å². The van der Waals surface area contributed by atoms with Crippen LogP contribution < -0.4 is 4.90 Å². The topological polar surface area (TPSA) is 3.24 Å². The van der Waals surface area contributed by atoms with Crippen molar-refractivity contribution in [2.24, 2.45) is 11.3 Å². The summed E-state index contributed by atoms with van der Waals surface area (Å²) in [4.78, 5) is 2.52. The molecule has 4 atom stereocenters. The van der Waals surface area contributed by atoms with Crippen molar-refractivity contribution in [3.8, 4) is 11.1 Å². The van der Waals surface area contributed by atoms with E-state index in [0.29, 0.717) is 5.92 Å². The van der Waals surface area contributed by atoms with Crippen LogP contribution in [0.3, 0.4) is 0 Å². The highest BCUT2D eigenvalue weighted by Gasteiger charge is 2.36. The third-order valence-electron chi connectivity index (χ3n) is 12.7. The van der Waals surface area contributed by atoms with Gasteiger partial charge in [-0.15, -0.1) is 6.58 Å². The molecule has 4 aliphatic rings. The van der Waals surface area contributed by atoms with Gasteiger partial charge in [-0.25, -0.2) is 0 Å². The lowest BCUT2D eigenvalue weighted by atomic mass is 9.72. The molecule has 4 aromatic carbocycles. The second-order valence-corrected chi connectivity index (χ2v) is 16.1. The third kappa shape index (κ3) is 6.71. The van der Waals surface area contributed by atoms with Crippen LogP contribution >= 0.6 is 0 Å². The molecule has 8 rings (SSSR count). The van der Waals surface area contributed by atoms with Crippen LogP contribution in [0, 0.1) is 11.3 Å². The number of rotatable bonds is 12. The van der Waals surface area contributed by atoms with E-state index in [1.54, 1.807) is 0 Å². The van der Waals surface area contributed by atoms with Gasteiger partial charge in [-0.05, 0) is 112 Å². The SMILES string of the molecule is C=CC1=C(C=C)C(C)(C)C(CC(C=C)C(c2ccccc2)c2ccc(-c3ccc(N(c4ccc5c(c4)C(C)C4=CCCC=C45)C4C=CC=CC4)cc3)cc2)=C1. The molecule has 0 fully saturated rings. The Labute approximate surface area is 329 Å². The Kier molecular flexibility index (Phi) is 10.1. The number of benzene rings is 4. The lowest BCUT2D eigenvalue weighted by Gasteiger charge is -2.33. The number of fused-ring (bicyclic) bond motifs is 3. The van der Waals surface area contributed by atoms with Crippen LogP contribution in [0.25, 0.3) is 16.7 Å². The average molecular weight is 716 g/mol. The second kappa shape index (κ2) is 15.2. The summed E-state index contributed by atoms with van der Waals surface area (Å²) in [5.74, 6) is 0.810. The summed E-state index contributed by atoms with van der Waals surface area (Å²) in [7, 11) is 0. The van der Waals surface area contributed by atoms with Gasteiger partial charge >= 0.3 is 0 Å². The first-order chi connectivity index (χ1) is 26.8. The maximum Gasteiger partial charge on any atom is 0.0559 e. The van der Waals surface area contributed by atoms with Crippen LogP contribution in [-0.2, 0) is 0 Å². The van der Waals surface area contributed by atoms with Gasteiger partial charge in [0.25, 0.3) is 0 Å². The fraction of sp³-hybridized carbons (Fsp3) is 0.222. The molecule has 1 heteroatoms. The maximum atomic E-state index is 4.38. The Balaban J connectivity index is 1.08. The van der Waals surface area contributed by atoms with Crippen LogP contribution in [0.5, 0.6) is 0 Å². The predicted octanol–water partition coefficient (Wildman–Crippen LogP) is 14.6. The van der Waals surface area contributed by atoms with E-state index in [-0.39, 0.29) is 23.3 Å². The van der Waals surface area contributed by atoms with Gasteiger partial charge in [0.05, 0.1) is 6.04 Å². The molecule has 0 saturated heterocycles. The normalized spacial score (nSPS) is 20.5. The van der Waals surface area contributed by atoms with Crippen molar-refractivity contribution < 1.29 is 0 Å². The van der Waals surface area contributed by atoms with Crippen molar-refractivity contribution in [2.75, 3.05) is 4.90 Å². The van der Waals surface area contributed by atoms with Crippen molar-refractivity contribution in [2.45, 2.75) is 64.3 Å². The number of hydrogen-bond donors (Lipinski definition) is 0. The number of allylic oxidation sites excluding steroid dienone is 13. The van der Waals surface area contributed by atoms with Crippen LogP contribution in [0.15, 0.2) is 200 Å². The van der Waals surface area contributed by atoms with Crippen LogP contribution in [-0.4, -0.2) is 6.04 Å². The molecule has 4 aromatic rings. The minimum Gasteiger partial charge on any atom is -0.334 e. The fourth-order valence-electron chi connectivity index (χ4n) is 9.60. The zero-order valence-electron chi connectivity index (χ0n) is 32.7. The lowest BCUT2D eigenvalue weighted by Crippen LogP contribution is -2.29. The van der Waals surface area contributed by atoms with E-state index in [1.165, 1.54) is 72.6 Å². The van der Waals surface area contributed by atoms with Crippen molar-refractivity contribution >= 4 is 16.9 Å². The fourth-order valence-corrected chi connectivity index (χ4v) is 9.60. The zero-order chi connectivity index (χ0) is 38.1. The predicted molar refractivity (Wildman–Crippen MR) is 237 cm³/mol. The van der Waals surface area contributed by atoms with Gasteiger partial charge in [-0.2, -0.15) is 0 Å². The van der Waals surface area contributed by atoms with Gasteiger partial charge in [-0.1, -0.05) is 173 Å². The summed E-state index contributed by atoms with van der Waals surface area (Å²) in [6.07, 6.45) is 26.5. The standard InChI is InChI=1S/C54H53N/c1-7-38-34-44(54(5,6)52(38)9-3)35-39(8-2)53(42-18-12-10-13-19-42)43-26-24-40(25-27-43)41-28-30-46(31-29-41)55(45-20-14-11-15-21-45)47-32-33-50-49-23-17-16-22-48(49)37(4)51(50)36-47/h7-15,18-20,22-34,36-37,39,45,53H,1-3,16-17,21,35H2,4-6H3. The second-order valence-electron chi connectivity index (χ2n) is 16.1. The highest BCUT2D eigenvalue weighted by atomic mass is 15.2. The molecule has 0 radical (unpaired) electrons. The molecule has 0 bridgehead atoms. The van der Waals surface area contributed by atoms with Gasteiger partial charge < -0.3 is 4.90 Å². The number of anilines is 2. The molecule has 4 aliphatic carbocycles. The van der Waals surface area contributed by atoms with Gasteiger partial charge in [0.1, 0.15) is 0 Å². The molecular formula is C54H53N. The lowest BCUT2D eigenvalue weighted by molar-refractivity contribution is 0.477. The first-order valence-electron chi connectivity index (χ1n) is 20.1. The summed E-state index contributed by atoms with van der Waals surface area (Å²) >= 11 is 0. The molecule has 0 heterocycles. The molecule has 0 saturated carbocycles. The highest BCUT2D eigenvalue weighted by molar-refractivity contribution is 5.90. The van der Waals surface area contributed by atoms with E-state index < -0.39 is 0 Å². The molecular weight excluding hydrogens is 663 g/mol. The molecule has 1 nitrogen and oxygen atoms in total. The summed E-state index contributed by atoms with van der Waals surface area (Å²) in [5.41, 5.74) is 17.0. The van der Waals surface area contributed by atoms with Crippen molar-refractivity contribution in [1.29, 1.82) is 0 Å². The Morgan fingerprint density at radius 1 is 0.782 bits per heavy atom. The van der Waals surface area contributed by atoms with E-state index in [4.69, 9.17) is 0 Å². The van der Waals surface area contributed by atoms with Crippen molar-refractivity contribution in [3.05, 3.63) is 222 Å². The molecule has 0 spiro atoms. The van der Waals surface area contributed by atoms with E-state index in [9.17, 15) is 0 Å². The quantitative estimate of drug-likeness (QED) is 0.132. The Morgan fingerprint density at radius 2 is 1.47 bits per heavy atom. The summed E-state index contributed by atoms with van der Waals surface area (Å²) < 4.78 is 0. The first-order valence-corrected chi connectivity index (χ1v) is 20.1. The Hall–Kier alpha value is -5.66. The molecule has 55 heavy (non-hydrogen) atoms. The van der Waals surface area contributed by atoms with E-state index in [1.807, 2.05) is 12.2 Å². The number of hydrogen-bond acceptors (Lipinski definition) is 1. The van der Waals surface area contributed by atoms with Gasteiger partial charge in [0.15, 0.2) is 0 Å². The largest absolute Gasteiger partial charge is 0.334 e. The third-order valence-corrected chi connectivity index (χ3v) is 12.7. The molecule has 0 aliphatic heterocycles. The van der Waals surface area contributed by atoms with Gasteiger partial charge in [0, 0.05) is 28.6 Å². The minimum absolute atomic E-state index is 0.101. The summed E-state index contributed by atoms with van der Waals surface area (Å²) in [6.45, 7) is 19.6. The minimum atomic E-state index is -0.101. The summed E-state index contributed by atoms with van der Waals surface area (Å²) in [6, 6.07) is 36.8. The highest BCUT2D eigenvalue weighted by Crippen LogP contribution is 2.50. The van der Waals surface area contributed by atoms with Crippen molar-refractivity contribution in [1.82, 2.24) is 0 Å². The summed E-state index contributed by atoms with van der Waals surface area (Å²) in [5, 5.41) is 0. The van der Waals surface area contributed by atoms with Crippen LogP contribution in [0.2, 0.25) is 0 Å². The van der Waals surface area contributed by atoms with E-state index in [0.717, 1.165) is 25.7 Å². The van der Waals surface area contributed by atoms with Gasteiger partial charge in [-0.3, -0.25) is 0 Å². The van der Waals surface area contributed by atoms with Crippen LogP contribution in [0.4, 0.5) is 11.4 Å². The molecule has 274 valence electrons. The monoisotopic (exact) mass is 715 g/mol. The maximum absolute atomic E-state index is 4.38. The first kappa shape index (κ1) is 36.3. The Morgan fingerprint density at radius 3 is 2.13 bits per heavy atom. The van der Waals surface area contributed by atoms with E-state index in [2.05, 4.69) is 191 Å². The zero-order valence-corrected chi connectivity index (χ0v) is 32.7. The molecule has 0 N–H and O–H groups in total. The molecule has 0 amide bonds. The van der Waals surface area contributed by atoms with Crippen LogP contribution in [0.1, 0.15) is 80.5 Å². The molecule has 0 aromatic heterocycles. The van der Waals surface area contributed by atoms with Gasteiger partial charge in [0.2, 0.25) is 0 Å². The number of nitrogens with zero attached hydrogens (tertiary/aromatic N) is 1. The molecule has 4 unspecified atom stereocenters. The average Bonchev–Trinajstić information content (AvgIpc) is 3.66.